The fraction of sp³-hybridized carbons (Fsp3) is 0.357. The molecule has 0 aromatic carbocycles. The quantitative estimate of drug-likeness (QED) is 0.843. The molecule has 23 heavy (non-hydrogen) atoms. The highest BCUT2D eigenvalue weighted by Gasteiger charge is 2.33. The second-order valence-electron chi connectivity index (χ2n) is 3.92. The summed E-state index contributed by atoms with van der Waals surface area (Å²) in [7, 11) is 0. The maximum Gasteiger partial charge on any atom is 0.435 e. The Labute approximate surface area is 135 Å². The Hall–Kier alpha value is -2.03. The first kappa shape index (κ1) is 19.0. The fourth-order valence-electron chi connectivity index (χ4n) is 1.60. The predicted molar refractivity (Wildman–Crippen MR) is 81.1 cm³/mol. The van der Waals surface area contributed by atoms with Crippen LogP contribution in [0.5, 0.6) is 0 Å². The van der Waals surface area contributed by atoms with Gasteiger partial charge < -0.3 is 5.11 Å². The Kier molecular flexibility index (Phi) is 6.62. The first-order chi connectivity index (χ1) is 10.8. The van der Waals surface area contributed by atoms with E-state index in [1.54, 1.807) is 0 Å². The van der Waals surface area contributed by atoms with Crippen LogP contribution in [-0.2, 0) is 6.18 Å². The van der Waals surface area contributed by atoms with Crippen LogP contribution in [-0.4, -0.2) is 31.6 Å². The summed E-state index contributed by atoms with van der Waals surface area (Å²) in [6, 6.07) is 2.30. The minimum Gasteiger partial charge on any atom is -0.476 e. The van der Waals surface area contributed by atoms with E-state index in [0.717, 1.165) is 16.9 Å². The molecule has 0 saturated heterocycles. The molecule has 126 valence electrons. The van der Waals surface area contributed by atoms with Gasteiger partial charge in [-0.25, -0.2) is 14.5 Å². The standard InChI is InChI=1S/C12H10F3N3O2S.C2H6/c1-2-21-8-5-7(6-16-10(8)11(19)20)18-4-3-9(17-18)12(13,14)15;1-2/h3-6H,2H2,1H3,(H,19,20);1-2H3. The molecule has 0 amide bonds. The minimum absolute atomic E-state index is 0.131. The molecule has 1 N–H and O–H groups in total. The van der Waals surface area contributed by atoms with Gasteiger partial charge in [0.25, 0.3) is 0 Å². The van der Waals surface area contributed by atoms with Gasteiger partial charge in [0.05, 0.1) is 11.9 Å². The van der Waals surface area contributed by atoms with Crippen molar-refractivity contribution < 1.29 is 23.1 Å². The molecule has 0 spiro atoms. The molecule has 0 saturated carbocycles. The smallest absolute Gasteiger partial charge is 0.435 e. The van der Waals surface area contributed by atoms with Crippen molar-refractivity contribution in [2.24, 2.45) is 0 Å². The lowest BCUT2D eigenvalue weighted by atomic mass is 10.3. The molecule has 2 aromatic rings. The van der Waals surface area contributed by atoms with Crippen molar-refractivity contribution in [1.29, 1.82) is 0 Å². The van der Waals surface area contributed by atoms with Gasteiger partial charge in [0.2, 0.25) is 0 Å². The first-order valence-electron chi connectivity index (χ1n) is 6.82. The normalized spacial score (nSPS) is 10.9. The molecule has 2 rings (SSSR count). The second-order valence-corrected chi connectivity index (χ2v) is 5.23. The number of alkyl halides is 3. The molecule has 0 bridgehead atoms. The third-order valence-corrected chi connectivity index (χ3v) is 3.40. The van der Waals surface area contributed by atoms with Crippen molar-refractivity contribution in [2.45, 2.75) is 31.8 Å². The number of halogens is 3. The monoisotopic (exact) mass is 347 g/mol. The van der Waals surface area contributed by atoms with E-state index in [4.69, 9.17) is 5.11 Å². The molecule has 0 unspecified atom stereocenters. The van der Waals surface area contributed by atoms with Crippen LogP contribution < -0.4 is 0 Å². The fourth-order valence-corrected chi connectivity index (χ4v) is 2.40. The van der Waals surface area contributed by atoms with Crippen molar-refractivity contribution in [1.82, 2.24) is 14.8 Å². The van der Waals surface area contributed by atoms with Crippen molar-refractivity contribution in [3.05, 3.63) is 35.9 Å². The largest absolute Gasteiger partial charge is 0.476 e. The number of hydrogen-bond donors (Lipinski definition) is 1. The van der Waals surface area contributed by atoms with Crippen molar-refractivity contribution >= 4 is 17.7 Å². The number of pyridine rings is 1. The molecule has 2 heterocycles. The third-order valence-electron chi connectivity index (χ3n) is 2.48. The summed E-state index contributed by atoms with van der Waals surface area (Å²) in [5, 5.41) is 12.4. The Balaban J connectivity index is 0.00000127. The Morgan fingerprint density at radius 3 is 2.52 bits per heavy atom. The van der Waals surface area contributed by atoms with Crippen molar-refractivity contribution in [3.63, 3.8) is 0 Å². The van der Waals surface area contributed by atoms with Crippen LogP contribution >= 0.6 is 11.8 Å². The Morgan fingerprint density at radius 2 is 2.04 bits per heavy atom. The van der Waals surface area contributed by atoms with E-state index in [9.17, 15) is 18.0 Å². The highest BCUT2D eigenvalue weighted by molar-refractivity contribution is 7.99. The van der Waals surface area contributed by atoms with Gasteiger partial charge in [-0.2, -0.15) is 18.3 Å². The molecule has 0 atom stereocenters. The lowest BCUT2D eigenvalue weighted by molar-refractivity contribution is -0.141. The van der Waals surface area contributed by atoms with Gasteiger partial charge in [-0.3, -0.25) is 0 Å². The van der Waals surface area contributed by atoms with E-state index in [1.807, 2.05) is 20.8 Å². The number of carboxylic acids is 1. The second kappa shape index (κ2) is 8.00. The number of carbonyl (C=O) groups is 1. The molecular weight excluding hydrogens is 331 g/mol. The topological polar surface area (TPSA) is 68.0 Å². The first-order valence-corrected chi connectivity index (χ1v) is 7.81. The van der Waals surface area contributed by atoms with Crippen LogP contribution in [0.1, 0.15) is 37.0 Å². The van der Waals surface area contributed by atoms with E-state index < -0.39 is 17.8 Å². The van der Waals surface area contributed by atoms with E-state index in [-0.39, 0.29) is 11.4 Å². The summed E-state index contributed by atoms with van der Waals surface area (Å²) in [5.74, 6) is -0.577. The van der Waals surface area contributed by atoms with Crippen LogP contribution in [0.4, 0.5) is 13.2 Å². The van der Waals surface area contributed by atoms with E-state index >= 15 is 0 Å². The number of aromatic nitrogens is 3. The highest BCUT2D eigenvalue weighted by atomic mass is 32.2. The van der Waals surface area contributed by atoms with Crippen LogP contribution in [0.2, 0.25) is 0 Å². The highest BCUT2D eigenvalue weighted by Crippen LogP contribution is 2.28. The summed E-state index contributed by atoms with van der Waals surface area (Å²) in [4.78, 5) is 15.2. The summed E-state index contributed by atoms with van der Waals surface area (Å²) in [6.07, 6.45) is -2.20. The zero-order valence-corrected chi connectivity index (χ0v) is 13.6. The van der Waals surface area contributed by atoms with Gasteiger partial charge in [-0.15, -0.1) is 11.8 Å². The summed E-state index contributed by atoms with van der Waals surface area (Å²) < 4.78 is 38.6. The molecule has 0 fully saturated rings. The number of thioether (sulfide) groups is 1. The zero-order chi connectivity index (χ0) is 17.6. The zero-order valence-electron chi connectivity index (χ0n) is 12.8. The van der Waals surface area contributed by atoms with Gasteiger partial charge in [0, 0.05) is 11.1 Å². The average molecular weight is 347 g/mol. The van der Waals surface area contributed by atoms with Gasteiger partial charge in [-0.1, -0.05) is 20.8 Å². The summed E-state index contributed by atoms with van der Waals surface area (Å²) >= 11 is 1.24. The van der Waals surface area contributed by atoms with Crippen LogP contribution in [0, 0.1) is 0 Å². The van der Waals surface area contributed by atoms with Gasteiger partial charge in [0.15, 0.2) is 11.4 Å². The van der Waals surface area contributed by atoms with E-state index in [1.165, 1.54) is 24.0 Å². The van der Waals surface area contributed by atoms with E-state index in [2.05, 4.69) is 10.1 Å². The van der Waals surface area contributed by atoms with Crippen LogP contribution in [0.25, 0.3) is 5.69 Å². The molecule has 0 radical (unpaired) electrons. The van der Waals surface area contributed by atoms with E-state index in [0.29, 0.717) is 10.6 Å². The lowest BCUT2D eigenvalue weighted by Gasteiger charge is -2.07. The molecule has 9 heteroatoms. The summed E-state index contributed by atoms with van der Waals surface area (Å²) in [6.45, 7) is 5.83. The van der Waals surface area contributed by atoms with Crippen LogP contribution in [0.15, 0.2) is 29.4 Å². The molecule has 2 aromatic heterocycles. The van der Waals surface area contributed by atoms with Gasteiger partial charge in [0.1, 0.15) is 0 Å². The number of nitrogens with zero attached hydrogens (tertiary/aromatic N) is 3. The average Bonchev–Trinajstić information content (AvgIpc) is 2.99. The molecule has 5 nitrogen and oxygen atoms in total. The maximum atomic E-state index is 12.5. The number of hydrogen-bond acceptors (Lipinski definition) is 4. The van der Waals surface area contributed by atoms with Crippen LogP contribution in [0.3, 0.4) is 0 Å². The predicted octanol–water partition coefficient (Wildman–Crippen LogP) is 4.12. The van der Waals surface area contributed by atoms with Gasteiger partial charge >= 0.3 is 12.1 Å². The third kappa shape index (κ3) is 4.72. The maximum absolute atomic E-state index is 12.5. The SMILES string of the molecule is CC.CCSc1cc(-n2ccc(C(F)(F)F)n2)cnc1C(=O)O. The lowest BCUT2D eigenvalue weighted by Crippen LogP contribution is -2.08. The minimum atomic E-state index is -4.53. The molecular formula is C14H16F3N3O2S. The molecule has 0 aliphatic carbocycles. The number of carboxylic acid groups (broad SMARTS) is 1. The summed E-state index contributed by atoms with van der Waals surface area (Å²) in [5.41, 5.74) is -0.880. The van der Waals surface area contributed by atoms with Crippen molar-refractivity contribution in [3.8, 4) is 5.69 Å². The number of aromatic carboxylic acids is 1. The Morgan fingerprint density at radius 1 is 1.39 bits per heavy atom. The molecule has 0 aliphatic rings. The number of rotatable bonds is 4. The Bertz CT molecular complexity index is 672. The van der Waals surface area contributed by atoms with Gasteiger partial charge in [-0.05, 0) is 17.9 Å². The van der Waals surface area contributed by atoms with Crippen molar-refractivity contribution in [2.75, 3.05) is 5.75 Å². The molecule has 0 aliphatic heterocycles.